The summed E-state index contributed by atoms with van der Waals surface area (Å²) >= 11 is 0. The van der Waals surface area contributed by atoms with Gasteiger partial charge >= 0.3 is 0 Å². The lowest BCUT2D eigenvalue weighted by Crippen LogP contribution is -2.53. The molecule has 0 atom stereocenters. The average molecular weight is 222 g/mol. The van der Waals surface area contributed by atoms with Crippen LogP contribution in [0.25, 0.3) is 0 Å². The van der Waals surface area contributed by atoms with E-state index >= 15 is 0 Å². The lowest BCUT2D eigenvalue weighted by molar-refractivity contribution is -0.385. The maximum absolute atomic E-state index is 11.8. The van der Waals surface area contributed by atoms with Crippen LogP contribution in [0.2, 0.25) is 0 Å². The molecule has 1 amide bonds. The molecule has 1 fully saturated rings. The molecule has 84 valence electrons. The van der Waals surface area contributed by atoms with Crippen molar-refractivity contribution in [2.45, 2.75) is 6.10 Å². The van der Waals surface area contributed by atoms with Gasteiger partial charge in [-0.15, -0.1) is 0 Å². The molecule has 0 aliphatic carbocycles. The summed E-state index contributed by atoms with van der Waals surface area (Å²) in [6.07, 6.45) is -0.508. The Bertz CT molecular complexity index is 440. The summed E-state index contributed by atoms with van der Waals surface area (Å²) in [5, 5.41) is 19.8. The third kappa shape index (κ3) is 1.74. The first-order valence-corrected chi connectivity index (χ1v) is 4.80. The van der Waals surface area contributed by atoms with Crippen molar-refractivity contribution in [3.8, 4) is 0 Å². The number of hydrogen-bond acceptors (Lipinski definition) is 4. The van der Waals surface area contributed by atoms with Crippen molar-refractivity contribution in [2.24, 2.45) is 0 Å². The van der Waals surface area contributed by atoms with Crippen molar-refractivity contribution < 1.29 is 14.8 Å². The molecule has 16 heavy (non-hydrogen) atoms. The Morgan fingerprint density at radius 2 is 2.06 bits per heavy atom. The Morgan fingerprint density at radius 1 is 1.44 bits per heavy atom. The van der Waals surface area contributed by atoms with Crippen LogP contribution < -0.4 is 0 Å². The number of carbonyl (C=O) groups excluding carboxylic acids is 1. The minimum Gasteiger partial charge on any atom is -0.389 e. The lowest BCUT2D eigenvalue weighted by Gasteiger charge is -2.35. The minimum absolute atomic E-state index is 0.0689. The van der Waals surface area contributed by atoms with Gasteiger partial charge in [-0.2, -0.15) is 0 Å². The molecule has 6 nitrogen and oxygen atoms in total. The summed E-state index contributed by atoms with van der Waals surface area (Å²) in [5.41, 5.74) is -0.131. The molecular formula is C10H10N2O4. The molecule has 1 aromatic rings. The predicted molar refractivity (Wildman–Crippen MR) is 55.0 cm³/mol. The number of nitro groups is 1. The van der Waals surface area contributed by atoms with Crippen LogP contribution in [-0.4, -0.2) is 40.0 Å². The van der Waals surface area contributed by atoms with Gasteiger partial charge in [-0.05, 0) is 6.07 Å². The normalized spacial score (nSPS) is 15.7. The fourth-order valence-electron chi connectivity index (χ4n) is 1.61. The molecule has 1 N–H and O–H groups in total. The standard InChI is InChI=1S/C10H10N2O4/c13-7-5-11(6-7)10(14)8-3-1-2-4-9(8)12(15)16/h1-4,7,13H,5-6H2. The fourth-order valence-corrected chi connectivity index (χ4v) is 1.61. The van der Waals surface area contributed by atoms with E-state index in [1.165, 1.54) is 23.1 Å². The van der Waals surface area contributed by atoms with E-state index in [-0.39, 0.29) is 24.3 Å². The van der Waals surface area contributed by atoms with Crippen molar-refractivity contribution in [1.29, 1.82) is 0 Å². The first-order valence-electron chi connectivity index (χ1n) is 4.80. The van der Waals surface area contributed by atoms with E-state index in [2.05, 4.69) is 0 Å². The molecule has 0 spiro atoms. The molecule has 0 aromatic heterocycles. The van der Waals surface area contributed by atoms with Crippen LogP contribution in [0.5, 0.6) is 0 Å². The van der Waals surface area contributed by atoms with E-state index < -0.39 is 16.9 Å². The second-order valence-electron chi connectivity index (χ2n) is 3.64. The molecule has 1 heterocycles. The van der Waals surface area contributed by atoms with Gasteiger partial charge in [-0.1, -0.05) is 12.1 Å². The molecule has 0 unspecified atom stereocenters. The predicted octanol–water partition coefficient (Wildman–Crippen LogP) is 0.411. The summed E-state index contributed by atoms with van der Waals surface area (Å²) in [6.45, 7) is 0.482. The molecule has 6 heteroatoms. The molecule has 1 saturated heterocycles. The highest BCUT2D eigenvalue weighted by Crippen LogP contribution is 2.21. The third-order valence-electron chi connectivity index (χ3n) is 2.48. The molecule has 2 rings (SSSR count). The van der Waals surface area contributed by atoms with Gasteiger partial charge in [-0.3, -0.25) is 14.9 Å². The summed E-state index contributed by atoms with van der Waals surface area (Å²) in [5.74, 6) is -0.405. The highest BCUT2D eigenvalue weighted by molar-refractivity contribution is 5.98. The number of hydrogen-bond donors (Lipinski definition) is 1. The molecule has 0 saturated carbocycles. The molecule has 0 radical (unpaired) electrons. The number of carbonyl (C=O) groups is 1. The number of aliphatic hydroxyl groups excluding tert-OH is 1. The van der Waals surface area contributed by atoms with Gasteiger partial charge in [0.05, 0.1) is 11.0 Å². The largest absolute Gasteiger partial charge is 0.389 e. The van der Waals surface area contributed by atoms with Crippen molar-refractivity contribution in [3.05, 3.63) is 39.9 Å². The van der Waals surface area contributed by atoms with Crippen molar-refractivity contribution in [2.75, 3.05) is 13.1 Å². The maximum atomic E-state index is 11.8. The van der Waals surface area contributed by atoms with Crippen molar-refractivity contribution in [3.63, 3.8) is 0 Å². The number of benzene rings is 1. The second kappa shape index (κ2) is 3.90. The summed E-state index contributed by atoms with van der Waals surface area (Å²) in [4.78, 5) is 23.3. The van der Waals surface area contributed by atoms with Gasteiger partial charge in [0.2, 0.25) is 0 Å². The third-order valence-corrected chi connectivity index (χ3v) is 2.48. The van der Waals surface area contributed by atoms with Gasteiger partial charge in [0, 0.05) is 19.2 Å². The van der Waals surface area contributed by atoms with E-state index in [0.717, 1.165) is 0 Å². The first kappa shape index (κ1) is 10.6. The zero-order valence-corrected chi connectivity index (χ0v) is 8.37. The van der Waals surface area contributed by atoms with E-state index in [0.29, 0.717) is 0 Å². The summed E-state index contributed by atoms with van der Waals surface area (Å²) in [6, 6.07) is 5.81. The Hall–Kier alpha value is -1.95. The van der Waals surface area contributed by atoms with Crippen LogP contribution in [0.1, 0.15) is 10.4 Å². The number of rotatable bonds is 2. The first-order chi connectivity index (χ1) is 7.59. The topological polar surface area (TPSA) is 83.7 Å². The second-order valence-corrected chi connectivity index (χ2v) is 3.64. The molecule has 1 aromatic carbocycles. The van der Waals surface area contributed by atoms with Gasteiger partial charge in [0.25, 0.3) is 11.6 Å². The number of likely N-dealkylation sites (tertiary alicyclic amines) is 1. The highest BCUT2D eigenvalue weighted by Gasteiger charge is 2.32. The zero-order valence-electron chi connectivity index (χ0n) is 8.37. The quantitative estimate of drug-likeness (QED) is 0.580. The van der Waals surface area contributed by atoms with Gasteiger partial charge in [0.1, 0.15) is 5.56 Å². The van der Waals surface area contributed by atoms with E-state index in [1.54, 1.807) is 6.07 Å². The van der Waals surface area contributed by atoms with Crippen LogP contribution in [-0.2, 0) is 0 Å². The lowest BCUT2D eigenvalue weighted by atomic mass is 10.1. The van der Waals surface area contributed by atoms with Crippen LogP contribution >= 0.6 is 0 Å². The molecule has 1 aliphatic rings. The molecular weight excluding hydrogens is 212 g/mol. The van der Waals surface area contributed by atoms with E-state index in [4.69, 9.17) is 5.11 Å². The zero-order chi connectivity index (χ0) is 11.7. The van der Waals surface area contributed by atoms with Crippen LogP contribution in [0.4, 0.5) is 5.69 Å². The summed E-state index contributed by atoms with van der Waals surface area (Å²) < 4.78 is 0. The van der Waals surface area contributed by atoms with Gasteiger partial charge < -0.3 is 10.0 Å². The Kier molecular flexibility index (Phi) is 2.57. The molecule has 1 aliphatic heterocycles. The number of β-amino-alcohol motifs (C(OH)–C–C–N with tert-alkyl or cyclic N) is 1. The minimum atomic E-state index is -0.580. The van der Waals surface area contributed by atoms with E-state index in [1.807, 2.05) is 0 Å². The Morgan fingerprint density at radius 3 is 2.62 bits per heavy atom. The van der Waals surface area contributed by atoms with Crippen LogP contribution in [0, 0.1) is 10.1 Å². The molecule has 0 bridgehead atoms. The SMILES string of the molecule is O=C(c1ccccc1[N+](=O)[O-])N1CC(O)C1. The van der Waals surface area contributed by atoms with Gasteiger partial charge in [0.15, 0.2) is 0 Å². The monoisotopic (exact) mass is 222 g/mol. The number of para-hydroxylation sites is 1. The Balaban J connectivity index is 2.26. The Labute approximate surface area is 91.3 Å². The summed E-state index contributed by atoms with van der Waals surface area (Å²) in [7, 11) is 0. The van der Waals surface area contributed by atoms with Crippen molar-refractivity contribution >= 4 is 11.6 Å². The number of amides is 1. The smallest absolute Gasteiger partial charge is 0.282 e. The average Bonchev–Trinajstić information content (AvgIpc) is 2.24. The van der Waals surface area contributed by atoms with Crippen LogP contribution in [0.3, 0.4) is 0 Å². The number of nitro benzene ring substituents is 1. The maximum Gasteiger partial charge on any atom is 0.282 e. The fraction of sp³-hybridized carbons (Fsp3) is 0.300. The van der Waals surface area contributed by atoms with E-state index in [9.17, 15) is 14.9 Å². The number of aliphatic hydroxyl groups is 1. The van der Waals surface area contributed by atoms with Crippen molar-refractivity contribution in [1.82, 2.24) is 4.90 Å². The van der Waals surface area contributed by atoms with Gasteiger partial charge in [-0.25, -0.2) is 0 Å². The van der Waals surface area contributed by atoms with Crippen LogP contribution in [0.15, 0.2) is 24.3 Å². The highest BCUT2D eigenvalue weighted by atomic mass is 16.6. The number of nitrogens with zero attached hydrogens (tertiary/aromatic N) is 2.